The maximum Gasteiger partial charge on any atom is 0.250 e. The van der Waals surface area contributed by atoms with Gasteiger partial charge in [0.2, 0.25) is 17.7 Å². The number of fused-ring (bicyclic) bond motifs is 5. The van der Waals surface area contributed by atoms with Crippen LogP contribution in [0.1, 0.15) is 22.3 Å². The monoisotopic (exact) mass is 490 g/mol. The van der Waals surface area contributed by atoms with E-state index in [0.717, 1.165) is 33.2 Å². The van der Waals surface area contributed by atoms with Gasteiger partial charge in [-0.15, -0.1) is 0 Å². The Labute approximate surface area is 213 Å². The summed E-state index contributed by atoms with van der Waals surface area (Å²) in [7, 11) is 0. The largest absolute Gasteiger partial charge is 0.361 e. The van der Waals surface area contributed by atoms with Gasteiger partial charge in [-0.3, -0.25) is 19.7 Å². The molecule has 3 aliphatic rings. The van der Waals surface area contributed by atoms with Crippen LogP contribution in [-0.4, -0.2) is 28.7 Å². The highest BCUT2D eigenvalue weighted by molar-refractivity contribution is 6.25. The highest BCUT2D eigenvalue weighted by atomic mass is 16.2. The van der Waals surface area contributed by atoms with Crippen LogP contribution in [-0.2, 0) is 26.3 Å². The summed E-state index contributed by atoms with van der Waals surface area (Å²) in [6.45, 7) is 3.96. The number of carbonyl (C=O) groups is 3. The number of anilines is 2. The summed E-state index contributed by atoms with van der Waals surface area (Å²) in [5, 5.41) is 7.58. The number of aromatic nitrogens is 1. The van der Waals surface area contributed by atoms with Crippen LogP contribution in [0.3, 0.4) is 0 Å². The third-order valence-electron chi connectivity index (χ3n) is 8.49. The first-order valence-corrected chi connectivity index (χ1v) is 12.6. The number of hydrogen-bond donors (Lipinski definition) is 3. The van der Waals surface area contributed by atoms with Gasteiger partial charge in [-0.1, -0.05) is 42.5 Å². The molecule has 37 heavy (non-hydrogen) atoms. The Morgan fingerprint density at radius 3 is 2.51 bits per heavy atom. The number of benzene rings is 3. The number of imide groups is 1. The number of para-hydroxylation sites is 2. The SMILES string of the molecule is Cc1ccc(N2C(=O)[C@H]3[C@@H](C2=O)[C@@]2(N[C@@H]3Cc3c[nH]c4ccccc34)C(=O)Nc3ccccc32)cc1C. The molecule has 3 N–H and O–H groups in total. The molecule has 0 saturated carbocycles. The Kier molecular flexibility index (Phi) is 4.54. The third kappa shape index (κ3) is 2.89. The van der Waals surface area contributed by atoms with Crippen molar-refractivity contribution < 1.29 is 14.4 Å². The molecule has 0 bridgehead atoms. The molecule has 1 spiro atoms. The van der Waals surface area contributed by atoms with Gasteiger partial charge in [0, 0.05) is 34.4 Å². The fraction of sp³-hybridized carbons (Fsp3) is 0.233. The zero-order valence-electron chi connectivity index (χ0n) is 20.5. The fourth-order valence-corrected chi connectivity index (χ4v) is 6.59. The number of rotatable bonds is 3. The van der Waals surface area contributed by atoms with Gasteiger partial charge in [0.1, 0.15) is 5.54 Å². The molecule has 3 aliphatic heterocycles. The zero-order valence-corrected chi connectivity index (χ0v) is 20.5. The first kappa shape index (κ1) is 22.0. The normalized spacial score (nSPS) is 26.3. The first-order valence-electron chi connectivity index (χ1n) is 12.6. The van der Waals surface area contributed by atoms with Crippen molar-refractivity contribution in [1.82, 2.24) is 10.3 Å². The molecule has 7 heteroatoms. The molecule has 0 radical (unpaired) electrons. The molecule has 0 aliphatic carbocycles. The molecule has 3 amide bonds. The lowest BCUT2D eigenvalue weighted by atomic mass is 9.76. The maximum atomic E-state index is 14.1. The number of nitrogens with zero attached hydrogens (tertiary/aromatic N) is 1. The van der Waals surface area contributed by atoms with Crippen LogP contribution < -0.4 is 15.5 Å². The van der Waals surface area contributed by atoms with Gasteiger partial charge in [0.05, 0.1) is 17.5 Å². The maximum absolute atomic E-state index is 14.1. The van der Waals surface area contributed by atoms with Crippen LogP contribution in [0, 0.1) is 25.7 Å². The minimum Gasteiger partial charge on any atom is -0.361 e. The minimum absolute atomic E-state index is 0.260. The number of H-pyrrole nitrogens is 1. The second-order valence-corrected chi connectivity index (χ2v) is 10.4. The number of amides is 3. The quantitative estimate of drug-likeness (QED) is 0.379. The molecule has 4 atom stereocenters. The second-order valence-electron chi connectivity index (χ2n) is 10.4. The molecular formula is C30H26N4O3. The van der Waals surface area contributed by atoms with Gasteiger partial charge < -0.3 is 10.3 Å². The standard InChI is InChI=1S/C30H26N4O3/c1-16-11-12-19(13-17(16)2)34-27(35)25-24(14-18-15-31-22-9-5-3-7-20(18)22)33-30(26(25)28(34)36)21-8-4-6-10-23(21)32-29(30)37/h3-13,15,24-26,31,33H,14H2,1-2H3,(H,32,37)/t24-,25-,26+,30-/m1/s1. The third-order valence-corrected chi connectivity index (χ3v) is 8.49. The average Bonchev–Trinajstić information content (AvgIpc) is 3.60. The van der Waals surface area contributed by atoms with E-state index < -0.39 is 23.4 Å². The minimum atomic E-state index is -1.31. The summed E-state index contributed by atoms with van der Waals surface area (Å²) >= 11 is 0. The van der Waals surface area contributed by atoms with E-state index in [4.69, 9.17) is 0 Å². The zero-order chi connectivity index (χ0) is 25.5. The Balaban J connectivity index is 1.38. The molecule has 184 valence electrons. The van der Waals surface area contributed by atoms with Crippen LogP contribution in [0.4, 0.5) is 11.4 Å². The van der Waals surface area contributed by atoms with E-state index in [-0.39, 0.29) is 17.7 Å². The van der Waals surface area contributed by atoms with Crippen LogP contribution in [0.2, 0.25) is 0 Å². The fourth-order valence-electron chi connectivity index (χ4n) is 6.59. The molecule has 3 aromatic carbocycles. The summed E-state index contributed by atoms with van der Waals surface area (Å²) in [6, 6.07) is 20.7. The number of nitrogens with one attached hydrogen (secondary N) is 3. The molecule has 2 fully saturated rings. The van der Waals surface area contributed by atoms with Crippen molar-refractivity contribution in [3.8, 4) is 0 Å². The Morgan fingerprint density at radius 2 is 1.68 bits per heavy atom. The summed E-state index contributed by atoms with van der Waals surface area (Å²) in [4.78, 5) is 46.5. The molecule has 1 aromatic heterocycles. The molecule has 0 unspecified atom stereocenters. The van der Waals surface area contributed by atoms with Gasteiger partial charge in [-0.05, 0) is 61.2 Å². The second kappa shape index (κ2) is 7.63. The van der Waals surface area contributed by atoms with Gasteiger partial charge in [-0.2, -0.15) is 0 Å². The highest BCUT2D eigenvalue weighted by Gasteiger charge is 2.70. The number of aryl methyl sites for hydroxylation is 2. The van der Waals surface area contributed by atoms with E-state index in [2.05, 4.69) is 15.6 Å². The van der Waals surface area contributed by atoms with Crippen molar-refractivity contribution in [2.75, 3.05) is 10.2 Å². The number of aromatic amines is 1. The van der Waals surface area contributed by atoms with E-state index in [1.807, 2.05) is 86.8 Å². The van der Waals surface area contributed by atoms with Crippen molar-refractivity contribution in [2.24, 2.45) is 11.8 Å². The van der Waals surface area contributed by atoms with Crippen LogP contribution in [0.15, 0.2) is 72.9 Å². The Bertz CT molecular complexity index is 1640. The Morgan fingerprint density at radius 1 is 0.892 bits per heavy atom. The predicted molar refractivity (Wildman–Crippen MR) is 141 cm³/mol. The summed E-state index contributed by atoms with van der Waals surface area (Å²) in [5.41, 5.74) is 4.79. The Hall–Kier alpha value is -4.23. The predicted octanol–water partition coefficient (Wildman–Crippen LogP) is 3.95. The molecule has 2 saturated heterocycles. The van der Waals surface area contributed by atoms with Gasteiger partial charge in [0.15, 0.2) is 0 Å². The lowest BCUT2D eigenvalue weighted by Gasteiger charge is -2.29. The lowest BCUT2D eigenvalue weighted by Crippen LogP contribution is -2.53. The van der Waals surface area contributed by atoms with E-state index in [0.29, 0.717) is 17.8 Å². The molecule has 7 nitrogen and oxygen atoms in total. The highest BCUT2D eigenvalue weighted by Crippen LogP contribution is 2.54. The topological polar surface area (TPSA) is 94.3 Å². The van der Waals surface area contributed by atoms with Crippen LogP contribution in [0.5, 0.6) is 0 Å². The summed E-state index contributed by atoms with van der Waals surface area (Å²) < 4.78 is 0. The lowest BCUT2D eigenvalue weighted by molar-refractivity contribution is -0.130. The van der Waals surface area contributed by atoms with E-state index in [1.165, 1.54) is 4.90 Å². The van der Waals surface area contributed by atoms with Crippen molar-refractivity contribution in [3.63, 3.8) is 0 Å². The molecule has 7 rings (SSSR count). The summed E-state index contributed by atoms with van der Waals surface area (Å²) in [5.74, 6) is -2.41. The van der Waals surface area contributed by atoms with Crippen molar-refractivity contribution >= 4 is 40.0 Å². The van der Waals surface area contributed by atoms with E-state index in [1.54, 1.807) is 0 Å². The van der Waals surface area contributed by atoms with Crippen LogP contribution >= 0.6 is 0 Å². The van der Waals surface area contributed by atoms with E-state index in [9.17, 15) is 14.4 Å². The van der Waals surface area contributed by atoms with Gasteiger partial charge in [-0.25, -0.2) is 4.90 Å². The first-order chi connectivity index (χ1) is 17.9. The average molecular weight is 491 g/mol. The van der Waals surface area contributed by atoms with Crippen molar-refractivity contribution in [3.05, 3.63) is 95.2 Å². The van der Waals surface area contributed by atoms with Crippen LogP contribution in [0.25, 0.3) is 10.9 Å². The van der Waals surface area contributed by atoms with Crippen molar-refractivity contribution in [1.29, 1.82) is 0 Å². The van der Waals surface area contributed by atoms with Gasteiger partial charge >= 0.3 is 0 Å². The molecular weight excluding hydrogens is 464 g/mol. The van der Waals surface area contributed by atoms with Crippen molar-refractivity contribution in [2.45, 2.75) is 31.8 Å². The molecule has 4 aromatic rings. The van der Waals surface area contributed by atoms with Gasteiger partial charge in [0.25, 0.3) is 0 Å². The smallest absolute Gasteiger partial charge is 0.250 e. The molecule has 4 heterocycles. The number of hydrogen-bond acceptors (Lipinski definition) is 4. The number of carbonyl (C=O) groups excluding carboxylic acids is 3. The summed E-state index contributed by atoms with van der Waals surface area (Å²) in [6.07, 6.45) is 2.46. The van der Waals surface area contributed by atoms with E-state index >= 15 is 0 Å².